The van der Waals surface area contributed by atoms with Crippen LogP contribution in [0, 0.1) is 17.2 Å². The van der Waals surface area contributed by atoms with Crippen LogP contribution in [0.15, 0.2) is 28.7 Å². The number of benzene rings is 1. The van der Waals surface area contributed by atoms with Crippen LogP contribution >= 0.6 is 27.3 Å². The van der Waals surface area contributed by atoms with Gasteiger partial charge in [0.15, 0.2) is 0 Å². The van der Waals surface area contributed by atoms with Crippen LogP contribution < -0.4 is 5.32 Å². The van der Waals surface area contributed by atoms with Gasteiger partial charge in [0.05, 0.1) is 5.56 Å². The van der Waals surface area contributed by atoms with Gasteiger partial charge in [-0.25, -0.2) is 0 Å². The van der Waals surface area contributed by atoms with Crippen molar-refractivity contribution >= 4 is 38.2 Å². The van der Waals surface area contributed by atoms with Crippen molar-refractivity contribution in [3.05, 3.63) is 50.3 Å². The maximum Gasteiger partial charge on any atom is 0.256 e. The summed E-state index contributed by atoms with van der Waals surface area (Å²) in [6, 6.07) is 9.52. The lowest BCUT2D eigenvalue weighted by atomic mass is 9.88. The predicted molar refractivity (Wildman–Crippen MR) is 92.3 cm³/mol. The number of hydrogen-bond donors (Lipinski definition) is 1. The fourth-order valence-corrected chi connectivity index (χ4v) is 4.52. The van der Waals surface area contributed by atoms with Gasteiger partial charge in [-0.1, -0.05) is 28.9 Å². The highest BCUT2D eigenvalue weighted by Crippen LogP contribution is 2.39. The zero-order valence-corrected chi connectivity index (χ0v) is 14.6. The first-order valence-electron chi connectivity index (χ1n) is 7.20. The number of rotatable bonds is 2. The minimum Gasteiger partial charge on any atom is -0.312 e. The zero-order chi connectivity index (χ0) is 15.7. The van der Waals surface area contributed by atoms with E-state index in [0.717, 1.165) is 29.3 Å². The van der Waals surface area contributed by atoms with Gasteiger partial charge in [-0.2, -0.15) is 5.26 Å². The van der Waals surface area contributed by atoms with E-state index in [1.807, 2.05) is 12.1 Å². The van der Waals surface area contributed by atoms with E-state index in [0.29, 0.717) is 22.0 Å². The minimum atomic E-state index is -0.176. The summed E-state index contributed by atoms with van der Waals surface area (Å²) < 4.78 is 0.861. The predicted octanol–water partition coefficient (Wildman–Crippen LogP) is 4.76. The van der Waals surface area contributed by atoms with Crippen LogP contribution in [0.2, 0.25) is 0 Å². The summed E-state index contributed by atoms with van der Waals surface area (Å²) in [5.41, 5.74) is 2.36. The van der Waals surface area contributed by atoms with E-state index in [1.165, 1.54) is 4.88 Å². The highest BCUT2D eigenvalue weighted by Gasteiger charge is 2.24. The Kier molecular flexibility index (Phi) is 4.32. The van der Waals surface area contributed by atoms with E-state index in [4.69, 9.17) is 0 Å². The first-order valence-corrected chi connectivity index (χ1v) is 8.81. The maximum atomic E-state index is 12.4. The highest BCUT2D eigenvalue weighted by atomic mass is 79.9. The van der Waals surface area contributed by atoms with E-state index in [-0.39, 0.29) is 5.91 Å². The summed E-state index contributed by atoms with van der Waals surface area (Å²) in [6.45, 7) is 2.23. The Balaban J connectivity index is 1.90. The van der Waals surface area contributed by atoms with Crippen molar-refractivity contribution in [3.8, 4) is 6.07 Å². The number of halogens is 1. The van der Waals surface area contributed by atoms with Crippen LogP contribution in [0.5, 0.6) is 0 Å². The van der Waals surface area contributed by atoms with Crippen LogP contribution in [0.25, 0.3) is 0 Å². The van der Waals surface area contributed by atoms with Gasteiger partial charge in [0.1, 0.15) is 11.1 Å². The molecule has 0 aliphatic heterocycles. The molecule has 1 aliphatic rings. The van der Waals surface area contributed by atoms with Crippen molar-refractivity contribution < 1.29 is 4.79 Å². The molecule has 0 spiro atoms. The lowest BCUT2D eigenvalue weighted by Gasteiger charge is -2.17. The standard InChI is InChI=1S/C17H15BrN2OS/c1-10-5-6-13-14(9-19)17(22-15(13)7-10)20-16(21)11-3-2-4-12(18)8-11/h2-4,8,10H,5-7H2,1H3,(H,20,21)/t10-/m0/s1. The molecule has 3 nitrogen and oxygen atoms in total. The number of anilines is 1. The third kappa shape index (κ3) is 2.94. The molecule has 0 saturated carbocycles. The minimum absolute atomic E-state index is 0.176. The maximum absolute atomic E-state index is 12.4. The monoisotopic (exact) mass is 374 g/mol. The Morgan fingerprint density at radius 3 is 3.05 bits per heavy atom. The molecule has 1 aromatic carbocycles. The molecule has 2 aromatic rings. The summed E-state index contributed by atoms with van der Waals surface area (Å²) >= 11 is 4.92. The van der Waals surface area contributed by atoms with Crippen molar-refractivity contribution in [3.63, 3.8) is 0 Å². The van der Waals surface area contributed by atoms with Crippen LogP contribution in [0.1, 0.15) is 39.7 Å². The molecular formula is C17H15BrN2OS. The van der Waals surface area contributed by atoms with Gasteiger partial charge < -0.3 is 5.32 Å². The first-order chi connectivity index (χ1) is 10.6. The molecule has 1 aromatic heterocycles. The van der Waals surface area contributed by atoms with Gasteiger partial charge >= 0.3 is 0 Å². The first kappa shape index (κ1) is 15.3. The molecule has 0 fully saturated rings. The Bertz CT molecular complexity index is 775. The van der Waals surface area contributed by atoms with Crippen molar-refractivity contribution in [1.82, 2.24) is 0 Å². The Morgan fingerprint density at radius 1 is 1.50 bits per heavy atom. The normalized spacial score (nSPS) is 16.7. The second-order valence-corrected chi connectivity index (χ2v) is 7.65. The smallest absolute Gasteiger partial charge is 0.256 e. The van der Waals surface area contributed by atoms with Crippen LogP contribution in [-0.4, -0.2) is 5.91 Å². The molecular weight excluding hydrogens is 360 g/mol. The summed E-state index contributed by atoms with van der Waals surface area (Å²) in [6.07, 6.45) is 3.04. The lowest BCUT2D eigenvalue weighted by molar-refractivity contribution is 0.102. The molecule has 5 heteroatoms. The molecule has 1 heterocycles. The number of nitrogens with zero attached hydrogens (tertiary/aromatic N) is 1. The third-order valence-corrected chi connectivity index (χ3v) is 5.60. The van der Waals surface area contributed by atoms with Gasteiger partial charge in [-0.3, -0.25) is 4.79 Å². The zero-order valence-electron chi connectivity index (χ0n) is 12.1. The molecule has 1 N–H and O–H groups in total. The average molecular weight is 375 g/mol. The molecule has 0 radical (unpaired) electrons. The van der Waals surface area contributed by atoms with Crippen molar-refractivity contribution in [2.75, 3.05) is 5.32 Å². The van der Waals surface area contributed by atoms with Gasteiger partial charge in [-0.15, -0.1) is 11.3 Å². The second-order valence-electron chi connectivity index (χ2n) is 5.63. The third-order valence-electron chi connectivity index (χ3n) is 3.94. The molecule has 112 valence electrons. The average Bonchev–Trinajstić information content (AvgIpc) is 2.83. The Labute approximate surface area is 142 Å². The quantitative estimate of drug-likeness (QED) is 0.823. The van der Waals surface area contributed by atoms with E-state index in [9.17, 15) is 10.1 Å². The van der Waals surface area contributed by atoms with Crippen molar-refractivity contribution in [2.24, 2.45) is 5.92 Å². The number of amides is 1. The number of carbonyl (C=O) groups excluding carboxylic acids is 1. The fraction of sp³-hybridized carbons (Fsp3) is 0.294. The van der Waals surface area contributed by atoms with Crippen LogP contribution in [0.4, 0.5) is 5.00 Å². The number of fused-ring (bicyclic) bond motifs is 1. The van der Waals surface area contributed by atoms with Crippen LogP contribution in [-0.2, 0) is 12.8 Å². The Hall–Kier alpha value is -1.64. The molecule has 22 heavy (non-hydrogen) atoms. The molecule has 3 rings (SSSR count). The van der Waals surface area contributed by atoms with Crippen LogP contribution in [0.3, 0.4) is 0 Å². The second kappa shape index (κ2) is 6.23. The SMILES string of the molecule is C[C@H]1CCc2c(sc(NC(=O)c3cccc(Br)c3)c2C#N)C1. The Morgan fingerprint density at radius 2 is 2.32 bits per heavy atom. The summed E-state index contributed by atoms with van der Waals surface area (Å²) in [4.78, 5) is 13.6. The van der Waals surface area contributed by atoms with Crippen molar-refractivity contribution in [1.29, 1.82) is 5.26 Å². The van der Waals surface area contributed by atoms with E-state index in [2.05, 4.69) is 34.2 Å². The number of thiophene rings is 1. The number of nitrogens with one attached hydrogen (secondary N) is 1. The number of nitriles is 1. The summed E-state index contributed by atoms with van der Waals surface area (Å²) in [7, 11) is 0. The van der Waals surface area contributed by atoms with Gasteiger partial charge in [-0.05, 0) is 48.9 Å². The lowest BCUT2D eigenvalue weighted by Crippen LogP contribution is -2.12. The van der Waals surface area contributed by atoms with Crippen molar-refractivity contribution in [2.45, 2.75) is 26.2 Å². The highest BCUT2D eigenvalue weighted by molar-refractivity contribution is 9.10. The molecule has 0 bridgehead atoms. The molecule has 0 saturated heterocycles. The number of carbonyl (C=O) groups is 1. The number of hydrogen-bond acceptors (Lipinski definition) is 3. The van der Waals surface area contributed by atoms with Gasteiger partial charge in [0, 0.05) is 14.9 Å². The molecule has 1 aliphatic carbocycles. The summed E-state index contributed by atoms with van der Waals surface area (Å²) in [5.74, 6) is 0.468. The van der Waals surface area contributed by atoms with E-state index >= 15 is 0 Å². The summed E-state index contributed by atoms with van der Waals surface area (Å²) in [5, 5.41) is 13.1. The fourth-order valence-electron chi connectivity index (χ4n) is 2.76. The molecule has 1 amide bonds. The van der Waals surface area contributed by atoms with E-state index < -0.39 is 0 Å². The van der Waals surface area contributed by atoms with Gasteiger partial charge in [0.25, 0.3) is 5.91 Å². The van der Waals surface area contributed by atoms with Gasteiger partial charge in [0.2, 0.25) is 0 Å². The molecule has 1 atom stereocenters. The largest absolute Gasteiger partial charge is 0.312 e. The topological polar surface area (TPSA) is 52.9 Å². The molecule has 0 unspecified atom stereocenters. The van der Waals surface area contributed by atoms with E-state index in [1.54, 1.807) is 23.5 Å².